The van der Waals surface area contributed by atoms with Crippen LogP contribution in [0.1, 0.15) is 6.92 Å². The molecule has 16 heavy (non-hydrogen) atoms. The first-order valence-electron chi connectivity index (χ1n) is 5.91. The number of likely N-dealkylation sites (tertiary alicyclic amines) is 1. The monoisotopic (exact) mass is 228 g/mol. The maximum atomic E-state index is 11.9. The number of rotatable bonds is 3. The number of aliphatic hydroxyl groups excluding tert-OH is 1. The molecule has 0 aromatic carbocycles. The minimum Gasteiger partial charge on any atom is -0.396 e. The van der Waals surface area contributed by atoms with Crippen LogP contribution in [0.5, 0.6) is 0 Å². The van der Waals surface area contributed by atoms with Crippen molar-refractivity contribution in [1.29, 1.82) is 0 Å². The number of carbonyl (C=O) groups excluding carboxylic acids is 1. The van der Waals surface area contributed by atoms with Gasteiger partial charge in [-0.1, -0.05) is 0 Å². The van der Waals surface area contributed by atoms with Crippen molar-refractivity contribution in [2.45, 2.75) is 13.0 Å². The average molecular weight is 228 g/mol. The van der Waals surface area contributed by atoms with E-state index in [2.05, 4.69) is 4.90 Å². The van der Waals surface area contributed by atoms with Gasteiger partial charge >= 0.3 is 0 Å². The molecule has 1 unspecified atom stereocenters. The Balaban J connectivity index is 1.71. The van der Waals surface area contributed by atoms with Gasteiger partial charge < -0.3 is 14.7 Å². The molecule has 1 amide bonds. The Bertz CT molecular complexity index is 254. The fourth-order valence-corrected chi connectivity index (χ4v) is 2.26. The van der Waals surface area contributed by atoms with E-state index >= 15 is 0 Å². The van der Waals surface area contributed by atoms with Crippen LogP contribution in [0.25, 0.3) is 0 Å². The Hall–Kier alpha value is -0.650. The fourth-order valence-electron chi connectivity index (χ4n) is 2.26. The topological polar surface area (TPSA) is 53.0 Å². The number of carbonyl (C=O) groups is 1. The first-order chi connectivity index (χ1) is 7.69. The molecule has 0 spiro atoms. The number of nitrogens with zero attached hydrogens (tertiary/aromatic N) is 2. The van der Waals surface area contributed by atoms with Crippen LogP contribution in [-0.2, 0) is 9.53 Å². The molecule has 2 aliphatic heterocycles. The van der Waals surface area contributed by atoms with Crippen molar-refractivity contribution in [2.24, 2.45) is 5.92 Å². The molecule has 0 aliphatic carbocycles. The highest BCUT2D eigenvalue weighted by Gasteiger charge is 2.29. The Morgan fingerprint density at radius 3 is 2.81 bits per heavy atom. The van der Waals surface area contributed by atoms with Crippen molar-refractivity contribution in [3.8, 4) is 0 Å². The Labute approximate surface area is 96.0 Å². The predicted octanol–water partition coefficient (Wildman–Crippen LogP) is -0.842. The van der Waals surface area contributed by atoms with Gasteiger partial charge in [-0.05, 0) is 6.92 Å². The third kappa shape index (κ3) is 2.72. The lowest BCUT2D eigenvalue weighted by molar-refractivity contribution is -0.141. The maximum absolute atomic E-state index is 11.9. The molecule has 0 bridgehead atoms. The standard InChI is InChI=1S/C11H20N2O3/c1-9-4-13(2-3-16-9)11(15)7-12-5-10(6-12)8-14/h9-10,14H,2-8H2,1H3. The van der Waals surface area contributed by atoms with Crippen molar-refractivity contribution < 1.29 is 14.6 Å². The Morgan fingerprint density at radius 1 is 1.44 bits per heavy atom. The molecule has 0 aromatic rings. The van der Waals surface area contributed by atoms with Crippen molar-refractivity contribution in [3.05, 3.63) is 0 Å². The van der Waals surface area contributed by atoms with Crippen LogP contribution < -0.4 is 0 Å². The lowest BCUT2D eigenvalue weighted by Crippen LogP contribution is -2.54. The zero-order chi connectivity index (χ0) is 11.5. The minimum atomic E-state index is 0.152. The van der Waals surface area contributed by atoms with Crippen molar-refractivity contribution >= 4 is 5.91 Å². The third-order valence-corrected chi connectivity index (χ3v) is 3.24. The van der Waals surface area contributed by atoms with Crippen LogP contribution in [0, 0.1) is 5.92 Å². The van der Waals surface area contributed by atoms with Gasteiger partial charge in [-0.25, -0.2) is 0 Å². The number of hydrogen-bond acceptors (Lipinski definition) is 4. The fraction of sp³-hybridized carbons (Fsp3) is 0.909. The quantitative estimate of drug-likeness (QED) is 0.684. The van der Waals surface area contributed by atoms with Crippen LogP contribution >= 0.6 is 0 Å². The molecule has 0 aromatic heterocycles. The summed E-state index contributed by atoms with van der Waals surface area (Å²) in [5.41, 5.74) is 0. The Morgan fingerprint density at radius 2 is 2.19 bits per heavy atom. The van der Waals surface area contributed by atoms with E-state index in [1.165, 1.54) is 0 Å². The van der Waals surface area contributed by atoms with Gasteiger partial charge in [0.2, 0.25) is 5.91 Å². The van der Waals surface area contributed by atoms with E-state index in [1.54, 1.807) is 0 Å². The van der Waals surface area contributed by atoms with Crippen LogP contribution in [0.2, 0.25) is 0 Å². The summed E-state index contributed by atoms with van der Waals surface area (Å²) in [6.45, 7) is 6.47. The van der Waals surface area contributed by atoms with Crippen molar-refractivity contribution in [2.75, 3.05) is 45.9 Å². The highest BCUT2D eigenvalue weighted by molar-refractivity contribution is 5.78. The second kappa shape index (κ2) is 5.12. The summed E-state index contributed by atoms with van der Waals surface area (Å²) in [7, 11) is 0. The van der Waals surface area contributed by atoms with E-state index in [4.69, 9.17) is 9.84 Å². The lowest BCUT2D eigenvalue weighted by Gasteiger charge is -2.39. The van der Waals surface area contributed by atoms with Gasteiger partial charge in [0, 0.05) is 38.7 Å². The summed E-state index contributed by atoms with van der Waals surface area (Å²) in [6, 6.07) is 0. The molecule has 1 atom stereocenters. The largest absolute Gasteiger partial charge is 0.396 e. The molecule has 5 nitrogen and oxygen atoms in total. The number of morpholine rings is 1. The minimum absolute atomic E-state index is 0.152. The summed E-state index contributed by atoms with van der Waals surface area (Å²) < 4.78 is 5.40. The smallest absolute Gasteiger partial charge is 0.236 e. The van der Waals surface area contributed by atoms with Gasteiger partial charge in [-0.3, -0.25) is 9.69 Å². The highest BCUT2D eigenvalue weighted by atomic mass is 16.5. The zero-order valence-corrected chi connectivity index (χ0v) is 9.76. The van der Waals surface area contributed by atoms with Gasteiger partial charge in [0.15, 0.2) is 0 Å². The summed E-state index contributed by atoms with van der Waals surface area (Å²) >= 11 is 0. The number of amides is 1. The number of ether oxygens (including phenoxy) is 1. The van der Waals surface area contributed by atoms with Gasteiger partial charge in [-0.2, -0.15) is 0 Å². The zero-order valence-electron chi connectivity index (χ0n) is 9.76. The van der Waals surface area contributed by atoms with Gasteiger partial charge in [0.25, 0.3) is 0 Å². The van der Waals surface area contributed by atoms with Gasteiger partial charge in [-0.15, -0.1) is 0 Å². The predicted molar refractivity (Wildman–Crippen MR) is 59.0 cm³/mol. The number of aliphatic hydroxyl groups is 1. The van der Waals surface area contributed by atoms with Crippen LogP contribution in [-0.4, -0.2) is 72.9 Å². The third-order valence-electron chi connectivity index (χ3n) is 3.24. The molecule has 92 valence electrons. The van der Waals surface area contributed by atoms with E-state index in [0.717, 1.165) is 13.1 Å². The van der Waals surface area contributed by atoms with E-state index in [0.29, 0.717) is 32.2 Å². The van der Waals surface area contributed by atoms with Crippen LogP contribution in [0.15, 0.2) is 0 Å². The molecule has 2 fully saturated rings. The molecule has 0 saturated carbocycles. The van der Waals surface area contributed by atoms with Crippen molar-refractivity contribution in [1.82, 2.24) is 9.80 Å². The van der Waals surface area contributed by atoms with E-state index in [-0.39, 0.29) is 18.6 Å². The molecular weight excluding hydrogens is 208 g/mol. The highest BCUT2D eigenvalue weighted by Crippen LogP contribution is 2.14. The van der Waals surface area contributed by atoms with Crippen LogP contribution in [0.3, 0.4) is 0 Å². The maximum Gasteiger partial charge on any atom is 0.236 e. The van der Waals surface area contributed by atoms with Crippen LogP contribution in [0.4, 0.5) is 0 Å². The van der Waals surface area contributed by atoms with E-state index in [1.807, 2.05) is 11.8 Å². The number of hydrogen-bond donors (Lipinski definition) is 1. The summed E-state index contributed by atoms with van der Waals surface area (Å²) in [5.74, 6) is 0.558. The molecular formula is C11H20N2O3. The molecule has 2 saturated heterocycles. The second-order valence-electron chi connectivity index (χ2n) is 4.76. The van der Waals surface area contributed by atoms with E-state index in [9.17, 15) is 4.79 Å². The summed E-state index contributed by atoms with van der Waals surface area (Å²) in [6.07, 6.45) is 0.152. The molecule has 5 heteroatoms. The summed E-state index contributed by atoms with van der Waals surface area (Å²) in [5, 5.41) is 8.88. The van der Waals surface area contributed by atoms with E-state index < -0.39 is 0 Å². The molecule has 2 heterocycles. The first kappa shape index (κ1) is 11.8. The van der Waals surface area contributed by atoms with Crippen molar-refractivity contribution in [3.63, 3.8) is 0 Å². The average Bonchev–Trinajstić information content (AvgIpc) is 2.22. The second-order valence-corrected chi connectivity index (χ2v) is 4.76. The molecule has 0 radical (unpaired) electrons. The lowest BCUT2D eigenvalue weighted by atomic mass is 10.0. The SMILES string of the molecule is CC1CN(C(=O)CN2CC(CO)C2)CCO1. The molecule has 1 N–H and O–H groups in total. The Kier molecular flexibility index (Phi) is 3.78. The first-order valence-corrected chi connectivity index (χ1v) is 5.91. The molecule has 2 aliphatic rings. The van der Waals surface area contributed by atoms with Gasteiger partial charge in [0.05, 0.1) is 19.3 Å². The summed E-state index contributed by atoms with van der Waals surface area (Å²) in [4.78, 5) is 15.9. The van der Waals surface area contributed by atoms with Gasteiger partial charge in [0.1, 0.15) is 0 Å². The molecule has 2 rings (SSSR count). The normalized spacial score (nSPS) is 27.9.